The van der Waals surface area contributed by atoms with Crippen molar-refractivity contribution in [2.24, 2.45) is 8.73 Å². The molecule has 2 aromatic rings. The van der Waals surface area contributed by atoms with Crippen LogP contribution in [-0.2, 0) is 11.4 Å². The van der Waals surface area contributed by atoms with Crippen molar-refractivity contribution >= 4 is 79.2 Å². The zero-order chi connectivity index (χ0) is 14.3. The van der Waals surface area contributed by atoms with E-state index in [1.165, 1.54) is 6.33 Å². The predicted octanol–water partition coefficient (Wildman–Crippen LogP) is 4.60. The van der Waals surface area contributed by atoms with Crippen LogP contribution in [0.3, 0.4) is 0 Å². The van der Waals surface area contributed by atoms with Crippen LogP contribution in [0, 0.1) is 0 Å². The highest BCUT2D eigenvalue weighted by Gasteiger charge is 2.20. The van der Waals surface area contributed by atoms with Crippen LogP contribution in [0.2, 0.25) is 10.0 Å². The first-order chi connectivity index (χ1) is 9.58. The van der Waals surface area contributed by atoms with Crippen LogP contribution < -0.4 is 11.1 Å². The lowest BCUT2D eigenvalue weighted by Gasteiger charge is -2.12. The third-order valence-electron chi connectivity index (χ3n) is 2.50. The van der Waals surface area contributed by atoms with Gasteiger partial charge in [-0.15, -0.1) is 0 Å². The number of rotatable bonds is 2. The van der Waals surface area contributed by atoms with Crippen LogP contribution in [-0.4, -0.2) is 9.97 Å². The highest BCUT2D eigenvalue weighted by atomic mass is 79.9. The number of benzene rings is 1. The third-order valence-corrected chi connectivity index (χ3v) is 4.40. The van der Waals surface area contributed by atoms with E-state index in [4.69, 9.17) is 28.9 Å². The molecule has 0 aliphatic carbocycles. The Kier molecular flexibility index (Phi) is 3.63. The van der Waals surface area contributed by atoms with E-state index in [0.717, 1.165) is 11.4 Å². The van der Waals surface area contributed by atoms with Crippen LogP contribution in [0.25, 0.3) is 0 Å². The lowest BCUT2D eigenvalue weighted by atomic mass is 10.2. The van der Waals surface area contributed by atoms with Gasteiger partial charge in [-0.25, -0.2) is 9.97 Å². The van der Waals surface area contributed by atoms with Crippen molar-refractivity contribution in [2.75, 3.05) is 11.1 Å². The minimum atomic E-state index is 0.320. The summed E-state index contributed by atoms with van der Waals surface area (Å²) in [5.74, 6) is 0.802. The average molecular weight is 392 g/mol. The summed E-state index contributed by atoms with van der Waals surface area (Å²) >= 11 is 16.7. The molecule has 2 heterocycles. The Morgan fingerprint density at radius 1 is 1.15 bits per heavy atom. The SMILES string of the molecule is Nc1ncnc(Nc2c(Cl)cc(Cl)c3c2N=S=N3)c1Br. The molecule has 20 heavy (non-hydrogen) atoms. The fraction of sp³-hybridized carbons (Fsp3) is 0. The smallest absolute Gasteiger partial charge is 0.150 e. The van der Waals surface area contributed by atoms with Gasteiger partial charge in [0.1, 0.15) is 33.8 Å². The molecular weight excluding hydrogens is 387 g/mol. The maximum absolute atomic E-state index is 6.21. The van der Waals surface area contributed by atoms with E-state index in [9.17, 15) is 0 Å². The van der Waals surface area contributed by atoms with Gasteiger partial charge in [-0.2, -0.15) is 8.73 Å². The molecule has 0 amide bonds. The number of nitrogens with zero attached hydrogens (tertiary/aromatic N) is 4. The van der Waals surface area contributed by atoms with Crippen molar-refractivity contribution in [2.45, 2.75) is 0 Å². The molecule has 0 unspecified atom stereocenters. The van der Waals surface area contributed by atoms with Crippen LogP contribution >= 0.6 is 39.1 Å². The Hall–Kier alpha value is -1.22. The number of hydrogen-bond acceptors (Lipinski definition) is 6. The number of hydrogen-bond donors (Lipinski definition) is 2. The fourth-order valence-corrected chi connectivity index (χ4v) is 3.05. The van der Waals surface area contributed by atoms with Gasteiger partial charge in [0.25, 0.3) is 0 Å². The van der Waals surface area contributed by atoms with Crippen LogP contribution in [0.15, 0.2) is 25.6 Å². The molecule has 0 atom stereocenters. The van der Waals surface area contributed by atoms with Gasteiger partial charge >= 0.3 is 0 Å². The summed E-state index contributed by atoms with van der Waals surface area (Å²) in [6, 6.07) is 1.60. The number of nitrogens with two attached hydrogens (primary N) is 1. The first kappa shape index (κ1) is 13.7. The molecule has 0 saturated carbocycles. The number of halogens is 3. The monoisotopic (exact) mass is 390 g/mol. The Bertz CT molecular complexity index is 790. The fourth-order valence-electron chi connectivity index (χ4n) is 1.58. The number of fused-ring (bicyclic) bond motifs is 1. The van der Waals surface area contributed by atoms with Crippen molar-refractivity contribution in [3.63, 3.8) is 0 Å². The van der Waals surface area contributed by atoms with E-state index in [0.29, 0.717) is 43.2 Å². The first-order valence-corrected chi connectivity index (χ1v) is 7.49. The third kappa shape index (κ3) is 2.28. The maximum atomic E-state index is 6.21. The van der Waals surface area contributed by atoms with Gasteiger partial charge in [0.05, 0.1) is 27.1 Å². The summed E-state index contributed by atoms with van der Waals surface area (Å²) < 4.78 is 8.87. The van der Waals surface area contributed by atoms with E-state index < -0.39 is 0 Å². The highest BCUT2D eigenvalue weighted by Crippen LogP contribution is 2.48. The molecule has 10 heteroatoms. The molecule has 1 aliphatic heterocycles. The van der Waals surface area contributed by atoms with E-state index >= 15 is 0 Å². The molecule has 0 bridgehead atoms. The molecule has 0 spiro atoms. The van der Waals surface area contributed by atoms with Crippen molar-refractivity contribution in [3.8, 4) is 0 Å². The molecule has 0 fully saturated rings. The number of anilines is 3. The lowest BCUT2D eigenvalue weighted by Crippen LogP contribution is -2.00. The van der Waals surface area contributed by atoms with E-state index in [1.807, 2.05) is 0 Å². The zero-order valence-electron chi connectivity index (χ0n) is 9.56. The molecule has 1 aromatic heterocycles. The maximum Gasteiger partial charge on any atom is 0.150 e. The molecule has 1 aromatic carbocycles. The van der Waals surface area contributed by atoms with Gasteiger partial charge in [0.2, 0.25) is 0 Å². The molecule has 3 rings (SSSR count). The van der Waals surface area contributed by atoms with Gasteiger partial charge in [0, 0.05) is 0 Å². The topological polar surface area (TPSA) is 88.5 Å². The molecule has 3 N–H and O–H groups in total. The molecule has 1 aliphatic rings. The Morgan fingerprint density at radius 2 is 1.90 bits per heavy atom. The predicted molar refractivity (Wildman–Crippen MR) is 85.4 cm³/mol. The van der Waals surface area contributed by atoms with E-state index in [2.05, 4.69) is 39.9 Å². The van der Waals surface area contributed by atoms with Gasteiger partial charge in [0.15, 0.2) is 0 Å². The standard InChI is InChI=1S/C10H5BrCl2N6S/c11-5-9(14)15-2-16-10(5)17-6-3(12)1-4(13)7-8(6)19-20-18-7/h1-2H,(H3,14,15,16,17). The second-order valence-electron chi connectivity index (χ2n) is 3.72. The summed E-state index contributed by atoms with van der Waals surface area (Å²) in [6.45, 7) is 0. The van der Waals surface area contributed by atoms with Crippen molar-refractivity contribution in [1.29, 1.82) is 0 Å². The van der Waals surface area contributed by atoms with Crippen LogP contribution in [0.1, 0.15) is 0 Å². The molecule has 0 radical (unpaired) electrons. The Labute approximate surface area is 135 Å². The lowest BCUT2D eigenvalue weighted by molar-refractivity contribution is 1.16. The number of aromatic nitrogens is 2. The largest absolute Gasteiger partial charge is 0.383 e. The number of nitrogen functional groups attached to an aromatic ring is 1. The van der Waals surface area contributed by atoms with Crippen molar-refractivity contribution in [1.82, 2.24) is 9.97 Å². The molecular formula is C10H5BrCl2N6S. The summed E-state index contributed by atoms with van der Waals surface area (Å²) in [5, 5.41) is 3.94. The van der Waals surface area contributed by atoms with Crippen LogP contribution in [0.4, 0.5) is 28.7 Å². The Morgan fingerprint density at radius 3 is 2.70 bits per heavy atom. The second kappa shape index (κ2) is 5.28. The zero-order valence-corrected chi connectivity index (χ0v) is 13.5. The van der Waals surface area contributed by atoms with Gasteiger partial charge in [-0.05, 0) is 22.0 Å². The average Bonchev–Trinajstić information content (AvgIpc) is 2.89. The summed E-state index contributed by atoms with van der Waals surface area (Å²) in [7, 11) is 0. The normalized spacial score (nSPS) is 12.2. The van der Waals surface area contributed by atoms with Crippen LogP contribution in [0.5, 0.6) is 0 Å². The van der Waals surface area contributed by atoms with Gasteiger partial charge in [-0.1, -0.05) is 23.2 Å². The molecule has 0 saturated heterocycles. The summed E-state index contributed by atoms with van der Waals surface area (Å²) in [5.41, 5.74) is 7.44. The first-order valence-electron chi connectivity index (χ1n) is 5.21. The number of nitrogens with one attached hydrogen (secondary N) is 1. The minimum absolute atomic E-state index is 0.320. The van der Waals surface area contributed by atoms with E-state index in [1.54, 1.807) is 6.07 Å². The second-order valence-corrected chi connectivity index (χ2v) is 5.86. The van der Waals surface area contributed by atoms with Crippen molar-refractivity contribution < 1.29 is 0 Å². The quantitative estimate of drug-likeness (QED) is 0.668. The van der Waals surface area contributed by atoms with Crippen molar-refractivity contribution in [3.05, 3.63) is 26.9 Å². The summed E-state index contributed by atoms with van der Waals surface area (Å²) in [4.78, 5) is 7.97. The highest BCUT2D eigenvalue weighted by molar-refractivity contribution is 9.10. The molecule has 6 nitrogen and oxygen atoms in total. The molecule has 102 valence electrons. The minimum Gasteiger partial charge on any atom is -0.383 e. The van der Waals surface area contributed by atoms with Gasteiger partial charge < -0.3 is 11.1 Å². The summed E-state index contributed by atoms with van der Waals surface area (Å²) in [6.07, 6.45) is 1.35. The Balaban J connectivity index is 2.11. The van der Waals surface area contributed by atoms with Gasteiger partial charge in [-0.3, -0.25) is 0 Å². The van der Waals surface area contributed by atoms with E-state index in [-0.39, 0.29) is 0 Å².